The number of anilines is 3. The van der Waals surface area contributed by atoms with Gasteiger partial charge in [0.2, 0.25) is 5.71 Å². The summed E-state index contributed by atoms with van der Waals surface area (Å²) in [7, 11) is 0. The van der Waals surface area contributed by atoms with E-state index in [-0.39, 0.29) is 0 Å². The Morgan fingerprint density at radius 1 is 0.349 bits per heavy atom. The van der Waals surface area contributed by atoms with Crippen molar-refractivity contribution in [1.29, 1.82) is 0 Å². The van der Waals surface area contributed by atoms with E-state index in [1.165, 1.54) is 0 Å². The molecule has 0 saturated carbocycles. The van der Waals surface area contributed by atoms with E-state index in [1.54, 1.807) is 0 Å². The van der Waals surface area contributed by atoms with Crippen molar-refractivity contribution in [2.45, 2.75) is 0 Å². The van der Waals surface area contributed by atoms with Crippen LogP contribution in [0, 0.1) is 0 Å². The highest BCUT2D eigenvalue weighted by Crippen LogP contribution is 2.46. The van der Waals surface area contributed by atoms with Crippen molar-refractivity contribution in [3.05, 3.63) is 206 Å². The molecule has 0 atom stereocenters. The molecule has 4 aromatic heterocycles. The Balaban J connectivity index is 1.00. The number of hydrogen-bond donors (Lipinski definition) is 0. The van der Waals surface area contributed by atoms with E-state index in [0.717, 1.165) is 132 Å². The van der Waals surface area contributed by atoms with Crippen LogP contribution in [0.4, 0.5) is 17.1 Å². The van der Waals surface area contributed by atoms with Crippen molar-refractivity contribution in [1.82, 2.24) is 4.57 Å². The second kappa shape index (κ2) is 13.0. The van der Waals surface area contributed by atoms with Crippen LogP contribution in [0.2, 0.25) is 0 Å². The first-order valence-electron chi connectivity index (χ1n) is 21.3. The lowest BCUT2D eigenvalue weighted by Gasteiger charge is -2.26. The molecule has 4 heterocycles. The first kappa shape index (κ1) is 34.2. The van der Waals surface area contributed by atoms with Gasteiger partial charge in [-0.25, -0.2) is 0 Å². The standard InChI is InChI=1S/C58H34N2O3/c1-2-15-38(16-3-1)60-50-22-11-21-42(54(50)55-49-20-8-9-23-51(49)63-58(55)60)37-14-10-17-39(32-37)59(40-26-30-45-47-28-24-35-12-4-6-18-43(35)56(47)61-52(45)33-40)41-27-31-46-48-29-25-36-13-5-7-19-44(36)57(48)62-53(46)34-41/h1-34H. The van der Waals surface area contributed by atoms with Gasteiger partial charge < -0.3 is 18.2 Å². The zero-order chi connectivity index (χ0) is 41.2. The molecule has 0 aliphatic rings. The van der Waals surface area contributed by atoms with Crippen molar-refractivity contribution in [2.24, 2.45) is 0 Å². The number of nitrogens with zero attached hydrogens (tertiary/aromatic N) is 2. The number of hydrogen-bond acceptors (Lipinski definition) is 4. The van der Waals surface area contributed by atoms with Crippen LogP contribution in [-0.2, 0) is 0 Å². The quantitative estimate of drug-likeness (QED) is 0.174. The summed E-state index contributed by atoms with van der Waals surface area (Å²) in [5, 5.41) is 12.2. The molecule has 5 heteroatoms. The lowest BCUT2D eigenvalue weighted by molar-refractivity contribution is 0.645. The van der Waals surface area contributed by atoms with Gasteiger partial charge in [0.05, 0.1) is 10.9 Å². The van der Waals surface area contributed by atoms with E-state index in [0.29, 0.717) is 0 Å². The van der Waals surface area contributed by atoms with Gasteiger partial charge in [-0.15, -0.1) is 0 Å². The van der Waals surface area contributed by atoms with Gasteiger partial charge in [0.15, 0.2) is 0 Å². The Morgan fingerprint density at radius 2 is 0.921 bits per heavy atom. The highest BCUT2D eigenvalue weighted by molar-refractivity contribution is 6.24. The summed E-state index contributed by atoms with van der Waals surface area (Å²) in [5.41, 5.74) is 12.5. The zero-order valence-corrected chi connectivity index (χ0v) is 33.7. The smallest absolute Gasteiger partial charge is 0.213 e. The fourth-order valence-electron chi connectivity index (χ4n) is 10.1. The Bertz CT molecular complexity index is 4010. The first-order valence-corrected chi connectivity index (χ1v) is 21.3. The molecule has 0 aliphatic carbocycles. The van der Waals surface area contributed by atoms with Crippen LogP contribution in [0.1, 0.15) is 0 Å². The fraction of sp³-hybridized carbons (Fsp3) is 0. The average molecular weight is 807 g/mol. The molecule has 294 valence electrons. The van der Waals surface area contributed by atoms with Crippen LogP contribution in [0.25, 0.3) is 115 Å². The predicted molar refractivity (Wildman–Crippen MR) is 260 cm³/mol. The van der Waals surface area contributed by atoms with Gasteiger partial charge in [-0.1, -0.05) is 121 Å². The second-order valence-electron chi connectivity index (χ2n) is 16.4. The third-order valence-electron chi connectivity index (χ3n) is 13.0. The molecular formula is C58H34N2O3. The van der Waals surface area contributed by atoms with Crippen molar-refractivity contribution in [3.8, 4) is 16.8 Å². The van der Waals surface area contributed by atoms with Gasteiger partial charge in [0.25, 0.3) is 0 Å². The van der Waals surface area contributed by atoms with Crippen LogP contribution < -0.4 is 4.90 Å². The van der Waals surface area contributed by atoms with E-state index < -0.39 is 0 Å². The molecule has 0 unspecified atom stereocenters. The van der Waals surface area contributed by atoms with E-state index in [9.17, 15) is 0 Å². The molecule has 14 rings (SSSR count). The molecular weight excluding hydrogens is 773 g/mol. The summed E-state index contributed by atoms with van der Waals surface area (Å²) in [5.74, 6) is 0. The van der Waals surface area contributed by atoms with Crippen LogP contribution in [-0.4, -0.2) is 4.57 Å². The summed E-state index contributed by atoms with van der Waals surface area (Å²) < 4.78 is 22.5. The van der Waals surface area contributed by atoms with Gasteiger partial charge in [-0.05, 0) is 94.7 Å². The minimum Gasteiger partial charge on any atom is -0.455 e. The Morgan fingerprint density at radius 3 is 1.60 bits per heavy atom. The fourth-order valence-corrected chi connectivity index (χ4v) is 10.1. The Hall–Kier alpha value is -8.54. The SMILES string of the molecule is c1ccc(-n2c3cccc(-c4cccc(N(c5ccc6c(c5)oc5c7ccccc7ccc65)c5ccc6c(c5)oc5c7ccccc7ccc65)c4)c3c3c4ccccc4oc32)cc1. The van der Waals surface area contributed by atoms with Crippen LogP contribution in [0.3, 0.4) is 0 Å². The monoisotopic (exact) mass is 806 g/mol. The van der Waals surface area contributed by atoms with Gasteiger partial charge in [0.1, 0.15) is 27.9 Å². The highest BCUT2D eigenvalue weighted by atomic mass is 16.3. The number of para-hydroxylation sites is 2. The summed E-state index contributed by atoms with van der Waals surface area (Å²) >= 11 is 0. The van der Waals surface area contributed by atoms with Crippen molar-refractivity contribution < 1.29 is 13.3 Å². The van der Waals surface area contributed by atoms with Crippen LogP contribution in [0.15, 0.2) is 220 Å². The van der Waals surface area contributed by atoms with E-state index in [2.05, 4.69) is 210 Å². The Labute approximate surface area is 359 Å². The largest absolute Gasteiger partial charge is 0.455 e. The van der Waals surface area contributed by atoms with Gasteiger partial charge in [-0.2, -0.15) is 0 Å². The van der Waals surface area contributed by atoms with Gasteiger partial charge in [-0.3, -0.25) is 4.57 Å². The number of rotatable bonds is 5. The maximum absolute atomic E-state index is 6.77. The Kier molecular flexibility index (Phi) is 7.05. The lowest BCUT2D eigenvalue weighted by Crippen LogP contribution is -2.10. The molecule has 5 nitrogen and oxygen atoms in total. The number of aromatic nitrogens is 1. The molecule has 14 aromatic rings. The molecule has 0 aliphatic heterocycles. The number of furan rings is 3. The summed E-state index contributed by atoms with van der Waals surface area (Å²) in [6, 6.07) is 73.0. The summed E-state index contributed by atoms with van der Waals surface area (Å²) in [6.45, 7) is 0. The number of fused-ring (bicyclic) bond motifs is 15. The van der Waals surface area contributed by atoms with E-state index in [4.69, 9.17) is 13.3 Å². The van der Waals surface area contributed by atoms with E-state index >= 15 is 0 Å². The topological polar surface area (TPSA) is 47.6 Å². The zero-order valence-electron chi connectivity index (χ0n) is 33.7. The van der Waals surface area contributed by atoms with Gasteiger partial charge in [0, 0.05) is 78.0 Å². The summed E-state index contributed by atoms with van der Waals surface area (Å²) in [6.07, 6.45) is 0. The van der Waals surface area contributed by atoms with Crippen molar-refractivity contribution in [3.63, 3.8) is 0 Å². The predicted octanol–water partition coefficient (Wildman–Crippen LogP) is 16.8. The molecule has 0 N–H and O–H groups in total. The molecule has 63 heavy (non-hydrogen) atoms. The average Bonchev–Trinajstić information content (AvgIpc) is 4.10. The second-order valence-corrected chi connectivity index (χ2v) is 16.4. The van der Waals surface area contributed by atoms with Crippen LogP contribution in [0.5, 0.6) is 0 Å². The molecule has 0 radical (unpaired) electrons. The molecule has 0 saturated heterocycles. The van der Waals surface area contributed by atoms with E-state index in [1.807, 2.05) is 6.07 Å². The normalized spacial score (nSPS) is 12.1. The lowest BCUT2D eigenvalue weighted by atomic mass is 9.98. The maximum Gasteiger partial charge on any atom is 0.213 e. The van der Waals surface area contributed by atoms with Crippen molar-refractivity contribution in [2.75, 3.05) is 4.90 Å². The number of benzene rings is 10. The van der Waals surface area contributed by atoms with Crippen molar-refractivity contribution >= 4 is 115 Å². The highest BCUT2D eigenvalue weighted by Gasteiger charge is 2.24. The first-order chi connectivity index (χ1) is 31.2. The third kappa shape index (κ3) is 4.99. The third-order valence-corrected chi connectivity index (χ3v) is 13.0. The maximum atomic E-state index is 6.77. The minimum absolute atomic E-state index is 0.831. The molecule has 0 amide bonds. The molecule has 0 bridgehead atoms. The molecule has 0 spiro atoms. The van der Waals surface area contributed by atoms with Gasteiger partial charge >= 0.3 is 0 Å². The summed E-state index contributed by atoms with van der Waals surface area (Å²) in [4.78, 5) is 2.32. The minimum atomic E-state index is 0.831. The van der Waals surface area contributed by atoms with Crippen LogP contribution >= 0.6 is 0 Å². The molecule has 0 fully saturated rings. The molecule has 10 aromatic carbocycles.